The van der Waals surface area contributed by atoms with E-state index in [4.69, 9.17) is 4.74 Å². The molecule has 0 radical (unpaired) electrons. The summed E-state index contributed by atoms with van der Waals surface area (Å²) in [5.74, 6) is 0.603. The van der Waals surface area contributed by atoms with Crippen LogP contribution >= 0.6 is 27.3 Å². The number of ether oxygens (including phenoxy) is 1. The molecule has 2 rings (SSSR count). The molecule has 4 heteroatoms. The van der Waals surface area contributed by atoms with Crippen LogP contribution in [0.15, 0.2) is 33.4 Å². The van der Waals surface area contributed by atoms with Gasteiger partial charge in [0.25, 0.3) is 0 Å². The SMILES string of the molecule is COc1ccc(Br)cc1C(=O)c1cscc1C. The first-order chi connectivity index (χ1) is 8.13. The Morgan fingerprint density at radius 1 is 1.29 bits per heavy atom. The van der Waals surface area contributed by atoms with Gasteiger partial charge in [0.05, 0.1) is 12.7 Å². The van der Waals surface area contributed by atoms with Crippen molar-refractivity contribution in [1.29, 1.82) is 0 Å². The Hall–Kier alpha value is -1.13. The van der Waals surface area contributed by atoms with Crippen molar-refractivity contribution >= 4 is 33.0 Å². The minimum Gasteiger partial charge on any atom is -0.496 e. The summed E-state index contributed by atoms with van der Waals surface area (Å²) in [6.45, 7) is 1.94. The quantitative estimate of drug-likeness (QED) is 0.799. The van der Waals surface area contributed by atoms with Crippen molar-refractivity contribution in [3.05, 3.63) is 50.1 Å². The fraction of sp³-hybridized carbons (Fsp3) is 0.154. The number of hydrogen-bond donors (Lipinski definition) is 0. The standard InChI is InChI=1S/C13H11BrO2S/c1-8-6-17-7-11(8)13(15)10-5-9(14)3-4-12(10)16-2/h3-7H,1-2H3. The van der Waals surface area contributed by atoms with Crippen LogP contribution in [0.2, 0.25) is 0 Å². The van der Waals surface area contributed by atoms with Gasteiger partial charge < -0.3 is 4.74 Å². The number of carbonyl (C=O) groups is 1. The minimum atomic E-state index is 0.00176. The highest BCUT2D eigenvalue weighted by Crippen LogP contribution is 2.27. The van der Waals surface area contributed by atoms with Gasteiger partial charge in [-0.05, 0) is 36.1 Å². The average molecular weight is 311 g/mol. The number of hydrogen-bond acceptors (Lipinski definition) is 3. The summed E-state index contributed by atoms with van der Waals surface area (Å²) in [5.41, 5.74) is 2.33. The second-order valence-corrected chi connectivity index (χ2v) is 5.30. The monoisotopic (exact) mass is 310 g/mol. The van der Waals surface area contributed by atoms with E-state index in [1.807, 2.05) is 23.8 Å². The Labute approximate surface area is 112 Å². The van der Waals surface area contributed by atoms with Gasteiger partial charge in [-0.15, -0.1) is 0 Å². The smallest absolute Gasteiger partial charge is 0.197 e. The van der Waals surface area contributed by atoms with Crippen LogP contribution in [0.25, 0.3) is 0 Å². The molecule has 0 spiro atoms. The maximum absolute atomic E-state index is 12.4. The van der Waals surface area contributed by atoms with Gasteiger partial charge in [0.2, 0.25) is 0 Å². The predicted octanol–water partition coefficient (Wildman–Crippen LogP) is 4.06. The zero-order chi connectivity index (χ0) is 12.4. The lowest BCUT2D eigenvalue weighted by atomic mass is 10.0. The van der Waals surface area contributed by atoms with Crippen molar-refractivity contribution in [2.75, 3.05) is 7.11 Å². The van der Waals surface area contributed by atoms with E-state index in [-0.39, 0.29) is 5.78 Å². The molecule has 88 valence electrons. The Balaban J connectivity index is 2.50. The highest BCUT2D eigenvalue weighted by atomic mass is 79.9. The molecule has 17 heavy (non-hydrogen) atoms. The van der Waals surface area contributed by atoms with E-state index in [2.05, 4.69) is 15.9 Å². The third-order valence-corrected chi connectivity index (χ3v) is 3.86. The molecule has 2 aromatic rings. The molecular weight excluding hydrogens is 300 g/mol. The van der Waals surface area contributed by atoms with E-state index in [0.717, 1.165) is 15.6 Å². The first kappa shape index (κ1) is 12.3. The molecule has 1 aromatic carbocycles. The van der Waals surface area contributed by atoms with Gasteiger partial charge in [-0.25, -0.2) is 0 Å². The lowest BCUT2D eigenvalue weighted by Gasteiger charge is -2.07. The summed E-state index contributed by atoms with van der Waals surface area (Å²) in [5, 5.41) is 3.84. The fourth-order valence-corrected chi connectivity index (χ4v) is 2.79. The minimum absolute atomic E-state index is 0.00176. The average Bonchev–Trinajstić information content (AvgIpc) is 2.74. The number of benzene rings is 1. The largest absolute Gasteiger partial charge is 0.496 e. The van der Waals surface area contributed by atoms with Crippen LogP contribution in [0.4, 0.5) is 0 Å². The molecule has 0 saturated heterocycles. The van der Waals surface area contributed by atoms with Gasteiger partial charge in [-0.3, -0.25) is 4.79 Å². The van der Waals surface area contributed by atoms with Crippen LogP contribution in [0, 0.1) is 6.92 Å². The second-order valence-electron chi connectivity index (χ2n) is 3.64. The van der Waals surface area contributed by atoms with Crippen LogP contribution in [0.5, 0.6) is 5.75 Å². The molecule has 0 aliphatic carbocycles. The van der Waals surface area contributed by atoms with Crippen LogP contribution in [-0.2, 0) is 0 Å². The van der Waals surface area contributed by atoms with Crippen molar-refractivity contribution in [3.8, 4) is 5.75 Å². The molecule has 0 fully saturated rings. The summed E-state index contributed by atoms with van der Waals surface area (Å²) >= 11 is 4.90. The molecule has 1 aromatic heterocycles. The van der Waals surface area contributed by atoms with Crippen LogP contribution in [-0.4, -0.2) is 12.9 Å². The number of thiophene rings is 1. The first-order valence-electron chi connectivity index (χ1n) is 5.04. The lowest BCUT2D eigenvalue weighted by Crippen LogP contribution is -2.04. The summed E-state index contributed by atoms with van der Waals surface area (Å²) < 4.78 is 6.09. The van der Waals surface area contributed by atoms with E-state index in [1.54, 1.807) is 19.2 Å². The van der Waals surface area contributed by atoms with E-state index >= 15 is 0 Å². The molecule has 0 amide bonds. The van der Waals surface area contributed by atoms with E-state index < -0.39 is 0 Å². The summed E-state index contributed by atoms with van der Waals surface area (Å²) in [6.07, 6.45) is 0. The molecule has 0 aliphatic heterocycles. The van der Waals surface area contributed by atoms with Crippen molar-refractivity contribution in [1.82, 2.24) is 0 Å². The third kappa shape index (κ3) is 2.42. The number of ketones is 1. The number of rotatable bonds is 3. The Morgan fingerprint density at radius 2 is 2.06 bits per heavy atom. The van der Waals surface area contributed by atoms with E-state index in [1.165, 1.54) is 11.3 Å². The normalized spacial score (nSPS) is 10.3. The third-order valence-electron chi connectivity index (χ3n) is 2.51. The maximum Gasteiger partial charge on any atom is 0.197 e. The summed E-state index contributed by atoms with van der Waals surface area (Å²) in [4.78, 5) is 12.4. The van der Waals surface area contributed by atoms with Crippen LogP contribution < -0.4 is 4.74 Å². The Bertz CT molecular complexity index is 560. The van der Waals surface area contributed by atoms with Crippen LogP contribution in [0.3, 0.4) is 0 Å². The molecule has 0 bridgehead atoms. The number of methoxy groups -OCH3 is 1. The highest BCUT2D eigenvalue weighted by Gasteiger charge is 2.17. The van der Waals surface area contributed by atoms with E-state index in [9.17, 15) is 4.79 Å². The predicted molar refractivity (Wildman–Crippen MR) is 73.2 cm³/mol. The first-order valence-corrected chi connectivity index (χ1v) is 6.78. The maximum atomic E-state index is 12.4. The van der Waals surface area contributed by atoms with Gasteiger partial charge in [0.1, 0.15) is 5.75 Å². The summed E-state index contributed by atoms with van der Waals surface area (Å²) in [7, 11) is 1.57. The number of carbonyl (C=O) groups excluding carboxylic acids is 1. The van der Waals surface area contributed by atoms with Crippen molar-refractivity contribution in [2.24, 2.45) is 0 Å². The molecule has 0 N–H and O–H groups in total. The summed E-state index contributed by atoms with van der Waals surface area (Å²) in [6, 6.07) is 5.44. The fourth-order valence-electron chi connectivity index (χ4n) is 1.60. The van der Waals surface area contributed by atoms with E-state index in [0.29, 0.717) is 11.3 Å². The van der Waals surface area contributed by atoms with Gasteiger partial charge in [-0.2, -0.15) is 11.3 Å². The highest BCUT2D eigenvalue weighted by molar-refractivity contribution is 9.10. The molecule has 0 aliphatic rings. The molecule has 0 atom stereocenters. The second kappa shape index (κ2) is 5.02. The zero-order valence-corrected chi connectivity index (χ0v) is 11.9. The molecular formula is C13H11BrO2S. The van der Waals surface area contributed by atoms with Crippen LogP contribution in [0.1, 0.15) is 21.5 Å². The lowest BCUT2D eigenvalue weighted by molar-refractivity contribution is 0.103. The van der Waals surface area contributed by atoms with Gasteiger partial charge in [0, 0.05) is 15.4 Å². The molecule has 1 heterocycles. The topological polar surface area (TPSA) is 26.3 Å². The molecule has 2 nitrogen and oxygen atoms in total. The van der Waals surface area contributed by atoms with Crippen molar-refractivity contribution in [2.45, 2.75) is 6.92 Å². The van der Waals surface area contributed by atoms with Gasteiger partial charge >= 0.3 is 0 Å². The Morgan fingerprint density at radius 3 is 2.65 bits per heavy atom. The number of aryl methyl sites for hydroxylation is 1. The zero-order valence-electron chi connectivity index (χ0n) is 9.49. The van der Waals surface area contributed by atoms with Crippen molar-refractivity contribution < 1.29 is 9.53 Å². The van der Waals surface area contributed by atoms with Gasteiger partial charge in [0.15, 0.2) is 5.78 Å². The molecule has 0 saturated carbocycles. The number of halogens is 1. The molecule has 0 unspecified atom stereocenters. The van der Waals surface area contributed by atoms with Gasteiger partial charge in [-0.1, -0.05) is 15.9 Å². The Kier molecular flexibility index (Phi) is 3.64. The van der Waals surface area contributed by atoms with Crippen molar-refractivity contribution in [3.63, 3.8) is 0 Å².